The number of hydrogen-bond acceptors (Lipinski definition) is 8. The Balaban J connectivity index is 0.000000311. The van der Waals surface area contributed by atoms with Crippen molar-refractivity contribution in [1.82, 2.24) is 10.6 Å². The molecule has 0 aliphatic heterocycles. The lowest BCUT2D eigenvalue weighted by molar-refractivity contribution is 0.0401. The van der Waals surface area contributed by atoms with E-state index in [-0.39, 0.29) is 30.4 Å². The highest BCUT2D eigenvalue weighted by atomic mass is 16.6. The molecule has 3 aliphatic carbocycles. The van der Waals surface area contributed by atoms with Crippen molar-refractivity contribution < 1.29 is 33.6 Å². The fourth-order valence-corrected chi connectivity index (χ4v) is 4.94. The van der Waals surface area contributed by atoms with Crippen molar-refractivity contribution in [3.05, 3.63) is 0 Å². The Kier molecular flexibility index (Phi) is 16.4. The summed E-state index contributed by atoms with van der Waals surface area (Å²) in [5.74, 6) is 0. The van der Waals surface area contributed by atoms with Crippen LogP contribution in [0.2, 0.25) is 0 Å². The molecule has 40 heavy (non-hydrogen) atoms. The Morgan fingerprint density at radius 1 is 0.625 bits per heavy atom. The Morgan fingerprint density at radius 2 is 0.950 bits per heavy atom. The first kappa shape index (κ1) is 36.4. The zero-order valence-electron chi connectivity index (χ0n) is 26.4. The monoisotopic (exact) mass is 573 g/mol. The number of rotatable bonds is 4. The van der Waals surface area contributed by atoms with Gasteiger partial charge in [0.05, 0.1) is 18.3 Å². The number of carbonyl (C=O) groups excluding carboxylic acids is 2. The Bertz CT molecular complexity index is 699. The minimum Gasteiger partial charge on any atom is -0.444 e. The maximum atomic E-state index is 11.5. The number of carbonyl (C=O) groups is 2. The predicted octanol–water partition coefficient (Wildman–Crippen LogP) is 5.19. The van der Waals surface area contributed by atoms with Gasteiger partial charge in [0.15, 0.2) is 0 Å². The van der Waals surface area contributed by atoms with E-state index in [4.69, 9.17) is 24.7 Å². The number of methoxy groups -OCH3 is 2. The molecule has 0 aromatic rings. The normalized spacial score (nSPS) is 28.9. The van der Waals surface area contributed by atoms with Crippen molar-refractivity contribution in [2.45, 2.75) is 166 Å². The lowest BCUT2D eigenvalue weighted by atomic mass is 9.93. The summed E-state index contributed by atoms with van der Waals surface area (Å²) in [6.07, 6.45) is 11.7. The van der Waals surface area contributed by atoms with E-state index >= 15 is 0 Å². The average molecular weight is 574 g/mol. The quantitative estimate of drug-likeness (QED) is 0.360. The van der Waals surface area contributed by atoms with Crippen LogP contribution in [-0.4, -0.2) is 79.2 Å². The minimum atomic E-state index is -0.446. The molecule has 0 atom stereocenters. The standard InChI is InChI=1S/C12H23NO3.C11H21NO3.C7H15NO/c1-12(2,3)16-11(14)13-9-5-7-10(15-4)8-6-9;1-11(2,3)15-10(14)12-8-4-6-9(13)7-5-8;1-9-7-4-2-6(8)3-5-7/h9-10H,5-8H2,1-4H3,(H,13,14);8-9,13H,4-7H2,1-3H3,(H,12,14);6-7H,2-5,8H2,1H3. The van der Waals surface area contributed by atoms with Gasteiger partial charge in [0.25, 0.3) is 0 Å². The summed E-state index contributed by atoms with van der Waals surface area (Å²) in [5, 5.41) is 15.0. The second-order valence-electron chi connectivity index (χ2n) is 13.3. The first-order valence-electron chi connectivity index (χ1n) is 15.1. The topological polar surface area (TPSA) is 141 Å². The molecule has 0 spiro atoms. The van der Waals surface area contributed by atoms with E-state index in [1.807, 2.05) is 41.5 Å². The molecule has 3 fully saturated rings. The van der Waals surface area contributed by atoms with Crippen molar-refractivity contribution in [1.29, 1.82) is 0 Å². The van der Waals surface area contributed by atoms with Gasteiger partial charge >= 0.3 is 12.2 Å². The number of nitrogens with two attached hydrogens (primary N) is 1. The molecule has 0 unspecified atom stereocenters. The molecule has 236 valence electrons. The largest absolute Gasteiger partial charge is 0.444 e. The zero-order valence-corrected chi connectivity index (χ0v) is 26.4. The summed E-state index contributed by atoms with van der Waals surface area (Å²) in [6.45, 7) is 11.1. The van der Waals surface area contributed by atoms with E-state index < -0.39 is 11.2 Å². The van der Waals surface area contributed by atoms with Crippen LogP contribution in [0.4, 0.5) is 9.59 Å². The summed E-state index contributed by atoms with van der Waals surface area (Å²) >= 11 is 0. The number of aliphatic hydroxyl groups is 1. The highest BCUT2D eigenvalue weighted by molar-refractivity contribution is 5.68. The zero-order chi connectivity index (χ0) is 30.3. The summed E-state index contributed by atoms with van der Waals surface area (Å²) in [5.41, 5.74) is 4.83. The summed E-state index contributed by atoms with van der Waals surface area (Å²) in [6, 6.07) is 0.834. The van der Waals surface area contributed by atoms with Gasteiger partial charge in [0.2, 0.25) is 0 Å². The van der Waals surface area contributed by atoms with Crippen LogP contribution in [0.5, 0.6) is 0 Å². The van der Waals surface area contributed by atoms with Gasteiger partial charge in [-0.1, -0.05) is 0 Å². The fourth-order valence-electron chi connectivity index (χ4n) is 4.94. The van der Waals surface area contributed by atoms with Crippen LogP contribution in [0.15, 0.2) is 0 Å². The Morgan fingerprint density at radius 3 is 1.27 bits per heavy atom. The molecular weight excluding hydrogens is 514 g/mol. The summed E-state index contributed by atoms with van der Waals surface area (Å²) in [4.78, 5) is 22.9. The number of aliphatic hydroxyl groups excluding tert-OH is 1. The SMILES string of the molecule is CC(C)(C)OC(=O)NC1CCC(O)CC1.COC1CCC(N)CC1.COC1CCC(NC(=O)OC(C)(C)C)CC1. The summed E-state index contributed by atoms with van der Waals surface area (Å²) in [7, 11) is 3.52. The molecule has 3 aliphatic rings. The molecule has 0 aromatic carbocycles. The Labute approximate surface area is 242 Å². The van der Waals surface area contributed by atoms with Crippen LogP contribution in [-0.2, 0) is 18.9 Å². The van der Waals surface area contributed by atoms with Crippen LogP contribution in [0.3, 0.4) is 0 Å². The number of hydrogen-bond donors (Lipinski definition) is 4. The van der Waals surface area contributed by atoms with Crippen LogP contribution >= 0.6 is 0 Å². The number of alkyl carbamates (subject to hydrolysis) is 2. The lowest BCUT2D eigenvalue weighted by Gasteiger charge is -2.29. The van der Waals surface area contributed by atoms with Crippen molar-refractivity contribution in [2.75, 3.05) is 14.2 Å². The maximum Gasteiger partial charge on any atom is 0.407 e. The van der Waals surface area contributed by atoms with Crippen molar-refractivity contribution in [2.24, 2.45) is 5.73 Å². The first-order chi connectivity index (χ1) is 18.6. The third-order valence-corrected chi connectivity index (χ3v) is 7.20. The number of amides is 2. The minimum absolute atomic E-state index is 0.156. The van der Waals surface area contributed by atoms with Gasteiger partial charge in [0, 0.05) is 32.3 Å². The maximum absolute atomic E-state index is 11.5. The molecule has 3 saturated carbocycles. The van der Waals surface area contributed by atoms with Gasteiger partial charge in [-0.05, 0) is 119 Å². The highest BCUT2D eigenvalue weighted by Gasteiger charge is 2.25. The highest BCUT2D eigenvalue weighted by Crippen LogP contribution is 2.21. The van der Waals surface area contributed by atoms with Crippen molar-refractivity contribution >= 4 is 12.2 Å². The third-order valence-electron chi connectivity index (χ3n) is 7.20. The van der Waals surface area contributed by atoms with Crippen LogP contribution < -0.4 is 16.4 Å². The van der Waals surface area contributed by atoms with Gasteiger partial charge in [-0.25, -0.2) is 9.59 Å². The van der Waals surface area contributed by atoms with E-state index in [2.05, 4.69) is 10.6 Å². The van der Waals surface area contributed by atoms with E-state index in [1.54, 1.807) is 14.2 Å². The van der Waals surface area contributed by atoms with Gasteiger partial charge in [-0.15, -0.1) is 0 Å². The molecule has 10 nitrogen and oxygen atoms in total. The molecule has 3 rings (SSSR count). The van der Waals surface area contributed by atoms with E-state index in [9.17, 15) is 14.7 Å². The third kappa shape index (κ3) is 17.9. The van der Waals surface area contributed by atoms with Crippen LogP contribution in [0.1, 0.15) is 119 Å². The predicted molar refractivity (Wildman–Crippen MR) is 157 cm³/mol. The second kappa shape index (κ2) is 18.0. The number of nitrogens with one attached hydrogen (secondary N) is 2. The second-order valence-corrected chi connectivity index (χ2v) is 13.3. The first-order valence-corrected chi connectivity index (χ1v) is 15.1. The van der Waals surface area contributed by atoms with Crippen molar-refractivity contribution in [3.63, 3.8) is 0 Å². The van der Waals surface area contributed by atoms with Gasteiger partial charge in [-0.3, -0.25) is 0 Å². The molecule has 0 aromatic heterocycles. The van der Waals surface area contributed by atoms with E-state index in [0.717, 1.165) is 77.0 Å². The van der Waals surface area contributed by atoms with Gasteiger partial charge in [0.1, 0.15) is 11.2 Å². The average Bonchev–Trinajstić information content (AvgIpc) is 2.85. The summed E-state index contributed by atoms with van der Waals surface area (Å²) < 4.78 is 20.8. The number of ether oxygens (including phenoxy) is 4. The Hall–Kier alpha value is -1.62. The molecule has 0 saturated heterocycles. The molecule has 0 bridgehead atoms. The molecule has 2 amide bonds. The smallest absolute Gasteiger partial charge is 0.407 e. The van der Waals surface area contributed by atoms with Crippen LogP contribution in [0.25, 0.3) is 0 Å². The van der Waals surface area contributed by atoms with E-state index in [1.165, 1.54) is 0 Å². The fraction of sp³-hybridized carbons (Fsp3) is 0.933. The van der Waals surface area contributed by atoms with E-state index in [0.29, 0.717) is 18.2 Å². The molecular formula is C30H59N3O7. The molecule has 0 radical (unpaired) electrons. The molecule has 5 N–H and O–H groups in total. The molecule has 10 heteroatoms. The van der Waals surface area contributed by atoms with Gasteiger partial charge in [-0.2, -0.15) is 0 Å². The van der Waals surface area contributed by atoms with Crippen molar-refractivity contribution in [3.8, 4) is 0 Å². The molecule has 0 heterocycles. The van der Waals surface area contributed by atoms with Gasteiger partial charge < -0.3 is 40.4 Å². The van der Waals surface area contributed by atoms with Crippen LogP contribution in [0, 0.1) is 0 Å². The lowest BCUT2D eigenvalue weighted by Crippen LogP contribution is -2.41.